The molecule has 18 heavy (non-hydrogen) atoms. The zero-order valence-electron chi connectivity index (χ0n) is 9.89. The Hall–Kier alpha value is -1.20. The Labute approximate surface area is 114 Å². The average Bonchev–Trinajstić information content (AvgIpc) is 3.11. The Kier molecular flexibility index (Phi) is 3.43. The number of carbonyl (C=O) groups excluding carboxylic acids is 1. The van der Waals surface area contributed by atoms with Crippen LogP contribution in [-0.2, 0) is 0 Å². The van der Waals surface area contributed by atoms with Crippen molar-refractivity contribution < 1.29 is 4.79 Å². The van der Waals surface area contributed by atoms with Gasteiger partial charge < -0.3 is 5.32 Å². The molecule has 1 saturated carbocycles. The molecule has 94 valence electrons. The number of thiazole rings is 1. The largest absolute Gasteiger partial charge is 0.347 e. The van der Waals surface area contributed by atoms with Crippen molar-refractivity contribution in [3.8, 4) is 10.6 Å². The Bertz CT molecular complexity index is 527. The third-order valence-electron chi connectivity index (χ3n) is 3.16. The topological polar surface area (TPSA) is 42.0 Å². The summed E-state index contributed by atoms with van der Waals surface area (Å²) in [5.74, 6) is -0.0188. The van der Waals surface area contributed by atoms with Crippen LogP contribution in [-0.4, -0.2) is 16.9 Å². The van der Waals surface area contributed by atoms with Crippen LogP contribution in [0, 0.1) is 0 Å². The fourth-order valence-electron chi connectivity index (χ4n) is 2.23. The summed E-state index contributed by atoms with van der Waals surface area (Å²) in [4.78, 5) is 17.6. The first-order chi connectivity index (χ1) is 8.83. The van der Waals surface area contributed by atoms with Crippen LogP contribution < -0.4 is 5.32 Å². The Morgan fingerprint density at radius 1 is 1.33 bits per heavy atom. The fourth-order valence-corrected chi connectivity index (χ4v) is 3.71. The van der Waals surface area contributed by atoms with Crippen molar-refractivity contribution in [3.05, 3.63) is 27.9 Å². The van der Waals surface area contributed by atoms with Crippen LogP contribution in [0.2, 0.25) is 0 Å². The van der Waals surface area contributed by atoms with E-state index in [4.69, 9.17) is 0 Å². The normalized spacial score (nSPS) is 16.0. The maximum absolute atomic E-state index is 12.0. The molecule has 0 bridgehead atoms. The Morgan fingerprint density at radius 2 is 2.17 bits per heavy atom. The molecule has 0 aliphatic heterocycles. The third-order valence-corrected chi connectivity index (χ3v) is 4.90. The number of thiophene rings is 1. The van der Waals surface area contributed by atoms with Crippen LogP contribution in [0.25, 0.3) is 10.6 Å². The van der Waals surface area contributed by atoms with Crippen LogP contribution in [0.15, 0.2) is 22.9 Å². The summed E-state index contributed by atoms with van der Waals surface area (Å²) in [5, 5.41) is 7.62. The van der Waals surface area contributed by atoms with E-state index in [0.29, 0.717) is 11.0 Å². The van der Waals surface area contributed by atoms with Gasteiger partial charge in [0.2, 0.25) is 0 Å². The van der Waals surface area contributed by atoms with E-state index in [1.54, 1.807) is 11.3 Å². The van der Waals surface area contributed by atoms with Crippen LogP contribution in [0.1, 0.15) is 35.5 Å². The van der Waals surface area contributed by atoms with Gasteiger partial charge >= 0.3 is 0 Å². The Morgan fingerprint density at radius 3 is 2.89 bits per heavy atom. The van der Waals surface area contributed by atoms with Crippen molar-refractivity contribution in [2.75, 3.05) is 0 Å². The lowest BCUT2D eigenvalue weighted by atomic mass is 10.2. The van der Waals surface area contributed by atoms with E-state index in [0.717, 1.165) is 23.4 Å². The molecule has 2 aromatic rings. The molecule has 0 spiro atoms. The van der Waals surface area contributed by atoms with Crippen LogP contribution in [0.4, 0.5) is 0 Å². The molecular formula is C13H14N2OS2. The Balaban J connectivity index is 1.70. The van der Waals surface area contributed by atoms with Gasteiger partial charge in [0.25, 0.3) is 5.91 Å². The number of nitrogens with one attached hydrogen (secondary N) is 1. The van der Waals surface area contributed by atoms with Gasteiger partial charge in [0.1, 0.15) is 0 Å². The quantitative estimate of drug-likeness (QED) is 0.933. The van der Waals surface area contributed by atoms with E-state index < -0.39 is 0 Å². The van der Waals surface area contributed by atoms with Gasteiger partial charge in [-0.2, -0.15) is 0 Å². The monoisotopic (exact) mass is 278 g/mol. The minimum Gasteiger partial charge on any atom is -0.347 e. The summed E-state index contributed by atoms with van der Waals surface area (Å²) in [7, 11) is 0. The number of nitrogens with zero attached hydrogens (tertiary/aromatic N) is 1. The molecular weight excluding hydrogens is 264 g/mol. The molecule has 0 saturated heterocycles. The van der Waals surface area contributed by atoms with Gasteiger partial charge in [-0.3, -0.25) is 4.79 Å². The number of aromatic nitrogens is 1. The molecule has 3 nitrogen and oxygen atoms in total. The minimum atomic E-state index is -0.0188. The zero-order valence-corrected chi connectivity index (χ0v) is 11.5. The highest BCUT2D eigenvalue weighted by atomic mass is 32.1. The lowest BCUT2D eigenvalue weighted by Crippen LogP contribution is -2.32. The summed E-state index contributed by atoms with van der Waals surface area (Å²) in [6.07, 6.45) is 4.66. The highest BCUT2D eigenvalue weighted by Gasteiger charge is 2.20. The molecule has 1 aliphatic rings. The van der Waals surface area contributed by atoms with E-state index in [1.807, 2.05) is 22.9 Å². The predicted octanol–water partition coefficient (Wildman–Crippen LogP) is 3.54. The standard InChI is InChI=1S/C13H14N2OS2/c16-12(14-9-4-1-2-5-9)13-15-10(8-18-13)11-6-3-7-17-11/h3,6-9H,1-2,4-5H2,(H,14,16). The van der Waals surface area contributed by atoms with Gasteiger partial charge in [-0.1, -0.05) is 18.9 Å². The van der Waals surface area contributed by atoms with Crippen molar-refractivity contribution >= 4 is 28.6 Å². The van der Waals surface area contributed by atoms with Crippen molar-refractivity contribution in [2.45, 2.75) is 31.7 Å². The lowest BCUT2D eigenvalue weighted by Gasteiger charge is -2.09. The van der Waals surface area contributed by atoms with E-state index >= 15 is 0 Å². The second-order valence-electron chi connectivity index (χ2n) is 4.47. The van der Waals surface area contributed by atoms with Gasteiger partial charge in [-0.25, -0.2) is 4.98 Å². The summed E-state index contributed by atoms with van der Waals surface area (Å²) >= 11 is 3.07. The van der Waals surface area contributed by atoms with Crippen LogP contribution in [0.3, 0.4) is 0 Å². The summed E-state index contributed by atoms with van der Waals surface area (Å²) in [6, 6.07) is 4.38. The molecule has 1 aliphatic carbocycles. The van der Waals surface area contributed by atoms with E-state index in [-0.39, 0.29) is 5.91 Å². The SMILES string of the molecule is O=C(NC1CCCC1)c1nc(-c2cccs2)cs1. The van der Waals surface area contributed by atoms with Crippen molar-refractivity contribution in [2.24, 2.45) is 0 Å². The molecule has 1 amide bonds. The molecule has 3 rings (SSSR count). The van der Waals surface area contributed by atoms with E-state index in [1.165, 1.54) is 24.2 Å². The number of rotatable bonds is 3. The predicted molar refractivity (Wildman–Crippen MR) is 75.1 cm³/mol. The molecule has 0 atom stereocenters. The van der Waals surface area contributed by atoms with Crippen LogP contribution >= 0.6 is 22.7 Å². The van der Waals surface area contributed by atoms with E-state index in [9.17, 15) is 4.79 Å². The molecule has 2 aromatic heterocycles. The van der Waals surface area contributed by atoms with E-state index in [2.05, 4.69) is 10.3 Å². The van der Waals surface area contributed by atoms with Gasteiger partial charge in [-0.15, -0.1) is 22.7 Å². The fraction of sp³-hybridized carbons (Fsp3) is 0.385. The lowest BCUT2D eigenvalue weighted by molar-refractivity contribution is 0.0937. The maximum Gasteiger partial charge on any atom is 0.280 e. The number of carbonyl (C=O) groups is 1. The second kappa shape index (κ2) is 5.20. The maximum atomic E-state index is 12.0. The summed E-state index contributed by atoms with van der Waals surface area (Å²) in [5.41, 5.74) is 0.909. The molecule has 2 heterocycles. The first-order valence-corrected chi connectivity index (χ1v) is 7.89. The summed E-state index contributed by atoms with van der Waals surface area (Å²) in [6.45, 7) is 0. The average molecular weight is 278 g/mol. The van der Waals surface area contributed by atoms with Gasteiger partial charge in [0, 0.05) is 11.4 Å². The highest BCUT2D eigenvalue weighted by molar-refractivity contribution is 7.15. The highest BCUT2D eigenvalue weighted by Crippen LogP contribution is 2.26. The second-order valence-corrected chi connectivity index (χ2v) is 6.28. The van der Waals surface area contributed by atoms with Gasteiger partial charge in [0.15, 0.2) is 5.01 Å². The molecule has 1 N–H and O–H groups in total. The van der Waals surface area contributed by atoms with Crippen molar-refractivity contribution in [3.63, 3.8) is 0 Å². The molecule has 0 unspecified atom stereocenters. The number of hydrogen-bond donors (Lipinski definition) is 1. The third kappa shape index (κ3) is 2.47. The smallest absolute Gasteiger partial charge is 0.280 e. The summed E-state index contributed by atoms with van der Waals surface area (Å²) < 4.78 is 0. The van der Waals surface area contributed by atoms with Crippen molar-refractivity contribution in [1.82, 2.24) is 10.3 Å². The number of hydrogen-bond acceptors (Lipinski definition) is 4. The van der Waals surface area contributed by atoms with Crippen LogP contribution in [0.5, 0.6) is 0 Å². The zero-order chi connectivity index (χ0) is 12.4. The first kappa shape index (κ1) is 11.9. The van der Waals surface area contributed by atoms with Crippen molar-refractivity contribution in [1.29, 1.82) is 0 Å². The first-order valence-electron chi connectivity index (χ1n) is 6.13. The van der Waals surface area contributed by atoms with Gasteiger partial charge in [-0.05, 0) is 24.3 Å². The molecule has 0 aromatic carbocycles. The molecule has 0 radical (unpaired) electrons. The minimum absolute atomic E-state index is 0.0188. The number of amides is 1. The molecule has 1 fully saturated rings. The molecule has 5 heteroatoms. The van der Waals surface area contributed by atoms with Gasteiger partial charge in [0.05, 0.1) is 10.6 Å².